The van der Waals surface area contributed by atoms with Crippen LogP contribution in [-0.4, -0.2) is 44.0 Å². The monoisotopic (exact) mass is 263 g/mol. The first kappa shape index (κ1) is 13.9. The van der Waals surface area contributed by atoms with Crippen molar-refractivity contribution in [2.45, 2.75) is 19.8 Å². The molecule has 4 nitrogen and oxygen atoms in total. The predicted molar refractivity (Wildman–Crippen MR) is 74.2 cm³/mol. The smallest absolute Gasteiger partial charge is 0.171 e. The molecule has 0 amide bonds. The second-order valence-electron chi connectivity index (χ2n) is 4.62. The fourth-order valence-corrected chi connectivity index (χ4v) is 2.33. The Morgan fingerprint density at radius 2 is 2.05 bits per heavy atom. The van der Waals surface area contributed by atoms with Gasteiger partial charge >= 0.3 is 0 Å². The van der Waals surface area contributed by atoms with Gasteiger partial charge in [0.2, 0.25) is 0 Å². The number of carbonyl (C=O) groups is 1. The van der Waals surface area contributed by atoms with Gasteiger partial charge in [0.1, 0.15) is 6.61 Å². The molecule has 1 heterocycles. The summed E-state index contributed by atoms with van der Waals surface area (Å²) in [4.78, 5) is 13.4. The van der Waals surface area contributed by atoms with Crippen LogP contribution < -0.4 is 9.47 Å². The van der Waals surface area contributed by atoms with Gasteiger partial charge in [-0.15, -0.1) is 0 Å². The second-order valence-corrected chi connectivity index (χ2v) is 4.62. The van der Waals surface area contributed by atoms with E-state index in [0.29, 0.717) is 30.3 Å². The number of ether oxygens (including phenoxy) is 2. The topological polar surface area (TPSA) is 38.8 Å². The Kier molecular flexibility index (Phi) is 5.21. The highest BCUT2D eigenvalue weighted by Crippen LogP contribution is 2.30. The van der Waals surface area contributed by atoms with Gasteiger partial charge in [0.05, 0.1) is 12.2 Å². The summed E-state index contributed by atoms with van der Waals surface area (Å²) in [6, 6.07) is 5.39. The Hall–Kier alpha value is -1.55. The van der Waals surface area contributed by atoms with E-state index in [1.165, 1.54) is 12.8 Å². The maximum Gasteiger partial charge on any atom is 0.171 e. The molecule has 104 valence electrons. The SMILES string of the molecule is CCOc1cccc(C=O)c1OCCN1CCCC1. The summed E-state index contributed by atoms with van der Waals surface area (Å²) in [5.74, 6) is 1.21. The number of carbonyl (C=O) groups excluding carboxylic acids is 1. The van der Waals surface area contributed by atoms with E-state index in [1.807, 2.05) is 19.1 Å². The Bertz CT molecular complexity index is 414. The number of hydrogen-bond donors (Lipinski definition) is 0. The first-order chi connectivity index (χ1) is 9.35. The van der Waals surface area contributed by atoms with Gasteiger partial charge in [0.15, 0.2) is 17.8 Å². The van der Waals surface area contributed by atoms with Gasteiger partial charge in [-0.2, -0.15) is 0 Å². The van der Waals surface area contributed by atoms with Gasteiger partial charge in [-0.25, -0.2) is 0 Å². The predicted octanol–water partition coefficient (Wildman–Crippen LogP) is 2.37. The molecule has 0 N–H and O–H groups in total. The second kappa shape index (κ2) is 7.14. The molecule has 19 heavy (non-hydrogen) atoms. The third-order valence-electron chi connectivity index (χ3n) is 3.29. The molecule has 4 heteroatoms. The Labute approximate surface area is 114 Å². The van der Waals surface area contributed by atoms with Crippen LogP contribution in [0.5, 0.6) is 11.5 Å². The average molecular weight is 263 g/mol. The first-order valence-electron chi connectivity index (χ1n) is 6.91. The zero-order valence-corrected chi connectivity index (χ0v) is 11.4. The highest BCUT2D eigenvalue weighted by molar-refractivity contribution is 5.81. The molecule has 0 radical (unpaired) electrons. The van der Waals surface area contributed by atoms with Crippen LogP contribution in [0, 0.1) is 0 Å². The quantitative estimate of drug-likeness (QED) is 0.708. The third kappa shape index (κ3) is 3.70. The van der Waals surface area contributed by atoms with E-state index in [-0.39, 0.29) is 0 Å². The first-order valence-corrected chi connectivity index (χ1v) is 6.91. The van der Waals surface area contributed by atoms with Crippen molar-refractivity contribution >= 4 is 6.29 Å². The van der Waals surface area contributed by atoms with Crippen LogP contribution in [0.25, 0.3) is 0 Å². The third-order valence-corrected chi connectivity index (χ3v) is 3.29. The lowest BCUT2D eigenvalue weighted by molar-refractivity contribution is 0.111. The van der Waals surface area contributed by atoms with E-state index in [0.717, 1.165) is 25.9 Å². The molecule has 0 aliphatic carbocycles. The Morgan fingerprint density at radius 1 is 1.26 bits per heavy atom. The summed E-state index contributed by atoms with van der Waals surface area (Å²) >= 11 is 0. The summed E-state index contributed by atoms with van der Waals surface area (Å²) in [7, 11) is 0. The van der Waals surface area contributed by atoms with Crippen molar-refractivity contribution in [1.82, 2.24) is 4.90 Å². The van der Waals surface area contributed by atoms with Crippen molar-refractivity contribution in [2.24, 2.45) is 0 Å². The van der Waals surface area contributed by atoms with Gasteiger partial charge in [0, 0.05) is 6.54 Å². The minimum absolute atomic E-state index is 0.548. The summed E-state index contributed by atoms with van der Waals surface area (Å²) in [5.41, 5.74) is 0.548. The minimum atomic E-state index is 0.548. The Morgan fingerprint density at radius 3 is 2.74 bits per heavy atom. The van der Waals surface area contributed by atoms with Gasteiger partial charge in [-0.05, 0) is 45.0 Å². The molecule has 0 aromatic heterocycles. The number of rotatable bonds is 7. The van der Waals surface area contributed by atoms with E-state index < -0.39 is 0 Å². The summed E-state index contributed by atoms with van der Waals surface area (Å²) in [6.45, 7) is 6.27. The van der Waals surface area contributed by atoms with Crippen molar-refractivity contribution in [3.05, 3.63) is 23.8 Å². The maximum absolute atomic E-state index is 11.1. The lowest BCUT2D eigenvalue weighted by Gasteiger charge is -2.17. The largest absolute Gasteiger partial charge is 0.490 e. The van der Waals surface area contributed by atoms with Crippen LogP contribution in [0.1, 0.15) is 30.1 Å². The fraction of sp³-hybridized carbons (Fsp3) is 0.533. The lowest BCUT2D eigenvalue weighted by Crippen LogP contribution is -2.25. The number of benzene rings is 1. The van der Waals surface area contributed by atoms with Gasteiger partial charge < -0.3 is 9.47 Å². The highest BCUT2D eigenvalue weighted by Gasteiger charge is 2.13. The summed E-state index contributed by atoms with van der Waals surface area (Å²) < 4.78 is 11.3. The normalized spacial score (nSPS) is 15.4. The molecule has 0 spiro atoms. The molecule has 0 bridgehead atoms. The van der Waals surface area contributed by atoms with Crippen LogP contribution in [-0.2, 0) is 0 Å². The van der Waals surface area contributed by atoms with Crippen LogP contribution >= 0.6 is 0 Å². The number of likely N-dealkylation sites (tertiary alicyclic amines) is 1. The molecule has 2 rings (SSSR count). The summed E-state index contributed by atoms with van der Waals surface area (Å²) in [6.07, 6.45) is 3.36. The van der Waals surface area contributed by atoms with E-state index in [9.17, 15) is 4.79 Å². The van der Waals surface area contributed by atoms with Crippen molar-refractivity contribution < 1.29 is 14.3 Å². The zero-order valence-electron chi connectivity index (χ0n) is 11.4. The van der Waals surface area contributed by atoms with Crippen LogP contribution in [0.2, 0.25) is 0 Å². The molecule has 0 saturated carbocycles. The zero-order chi connectivity index (χ0) is 13.5. The van der Waals surface area contributed by atoms with E-state index in [2.05, 4.69) is 4.90 Å². The van der Waals surface area contributed by atoms with E-state index in [4.69, 9.17) is 9.47 Å². The molecular formula is C15H21NO3. The molecule has 1 fully saturated rings. The van der Waals surface area contributed by atoms with Crippen LogP contribution in [0.15, 0.2) is 18.2 Å². The van der Waals surface area contributed by atoms with Gasteiger partial charge in [-0.3, -0.25) is 9.69 Å². The molecule has 1 aromatic carbocycles. The van der Waals surface area contributed by atoms with E-state index >= 15 is 0 Å². The standard InChI is InChI=1S/C15H21NO3/c1-2-18-14-7-5-6-13(12-17)15(14)19-11-10-16-8-3-4-9-16/h5-7,12H,2-4,8-11H2,1H3. The number of para-hydroxylation sites is 1. The van der Waals surface area contributed by atoms with Crippen molar-refractivity contribution in [1.29, 1.82) is 0 Å². The van der Waals surface area contributed by atoms with Crippen molar-refractivity contribution in [3.63, 3.8) is 0 Å². The lowest BCUT2D eigenvalue weighted by atomic mass is 10.2. The van der Waals surface area contributed by atoms with Crippen molar-refractivity contribution in [3.8, 4) is 11.5 Å². The number of nitrogens with zero attached hydrogens (tertiary/aromatic N) is 1. The number of aldehydes is 1. The molecule has 0 atom stereocenters. The molecule has 1 aliphatic rings. The van der Waals surface area contributed by atoms with Crippen LogP contribution in [0.3, 0.4) is 0 Å². The van der Waals surface area contributed by atoms with Gasteiger partial charge in [0.25, 0.3) is 0 Å². The Balaban J connectivity index is 1.98. The molecular weight excluding hydrogens is 242 g/mol. The minimum Gasteiger partial charge on any atom is -0.490 e. The number of hydrogen-bond acceptors (Lipinski definition) is 4. The van der Waals surface area contributed by atoms with Crippen LogP contribution in [0.4, 0.5) is 0 Å². The summed E-state index contributed by atoms with van der Waals surface area (Å²) in [5, 5.41) is 0. The molecule has 1 aromatic rings. The molecule has 0 unspecified atom stereocenters. The molecule has 1 saturated heterocycles. The molecule has 1 aliphatic heterocycles. The highest BCUT2D eigenvalue weighted by atomic mass is 16.5. The van der Waals surface area contributed by atoms with Crippen molar-refractivity contribution in [2.75, 3.05) is 32.8 Å². The fourth-order valence-electron chi connectivity index (χ4n) is 2.33. The van der Waals surface area contributed by atoms with E-state index in [1.54, 1.807) is 6.07 Å². The average Bonchev–Trinajstić information content (AvgIpc) is 2.93. The van der Waals surface area contributed by atoms with Gasteiger partial charge in [-0.1, -0.05) is 6.07 Å². The maximum atomic E-state index is 11.1.